The number of hydrogen-bond acceptors (Lipinski definition) is 4. The van der Waals surface area contributed by atoms with E-state index in [1.54, 1.807) is 0 Å². The second-order valence-electron chi connectivity index (χ2n) is 8.54. The van der Waals surface area contributed by atoms with E-state index in [2.05, 4.69) is 52.4 Å². The average Bonchev–Trinajstić information content (AvgIpc) is 3.36. The largest absolute Gasteiger partial charge is 0.375 e. The van der Waals surface area contributed by atoms with Crippen molar-refractivity contribution in [3.8, 4) is 0 Å². The molecule has 3 heterocycles. The minimum absolute atomic E-state index is 0.571. The number of H-pyrrole nitrogens is 1. The van der Waals surface area contributed by atoms with Gasteiger partial charge in [0, 0.05) is 35.5 Å². The van der Waals surface area contributed by atoms with Gasteiger partial charge in [0.05, 0.1) is 13.2 Å². The highest BCUT2D eigenvalue weighted by atomic mass is 16.5. The first-order valence-corrected chi connectivity index (χ1v) is 11.2. The Hall–Kier alpha value is -2.21. The van der Waals surface area contributed by atoms with Crippen LogP contribution in [0.2, 0.25) is 0 Å². The Morgan fingerprint density at radius 2 is 2.07 bits per heavy atom. The van der Waals surface area contributed by atoms with E-state index in [0.717, 1.165) is 32.3 Å². The van der Waals surface area contributed by atoms with E-state index in [1.807, 2.05) is 12.4 Å². The van der Waals surface area contributed by atoms with Gasteiger partial charge in [-0.15, -0.1) is 0 Å². The van der Waals surface area contributed by atoms with Crippen molar-refractivity contribution in [2.45, 2.75) is 51.2 Å². The van der Waals surface area contributed by atoms with Gasteiger partial charge < -0.3 is 20.4 Å². The number of pyridine rings is 1. The van der Waals surface area contributed by atoms with E-state index in [1.165, 1.54) is 52.5 Å². The van der Waals surface area contributed by atoms with Gasteiger partial charge in [0.15, 0.2) is 0 Å². The number of benzene rings is 1. The smallest absolute Gasteiger partial charge is 0.0732 e. The van der Waals surface area contributed by atoms with Crippen LogP contribution in [0.1, 0.15) is 41.5 Å². The summed E-state index contributed by atoms with van der Waals surface area (Å²) in [5, 5.41) is 1.31. The number of nitrogens with one attached hydrogen (secondary N) is 1. The average molecular weight is 407 g/mol. The number of nitrogens with two attached hydrogens (primary N) is 1. The zero-order chi connectivity index (χ0) is 20.8. The zero-order valence-corrected chi connectivity index (χ0v) is 18.1. The first-order chi connectivity index (χ1) is 14.7. The van der Waals surface area contributed by atoms with Crippen molar-refractivity contribution < 1.29 is 4.74 Å². The lowest BCUT2D eigenvalue weighted by Crippen LogP contribution is -2.29. The minimum Gasteiger partial charge on any atom is -0.375 e. The van der Waals surface area contributed by atoms with Gasteiger partial charge >= 0.3 is 0 Å². The third kappa shape index (κ3) is 5.09. The van der Waals surface area contributed by atoms with Crippen molar-refractivity contribution in [3.63, 3.8) is 0 Å². The van der Waals surface area contributed by atoms with Gasteiger partial charge in [0.2, 0.25) is 0 Å². The van der Waals surface area contributed by atoms with E-state index in [9.17, 15) is 0 Å². The van der Waals surface area contributed by atoms with Gasteiger partial charge in [-0.05, 0) is 80.9 Å². The lowest BCUT2D eigenvalue weighted by atomic mass is 10.0. The molecule has 0 spiro atoms. The number of rotatable bonds is 10. The van der Waals surface area contributed by atoms with Crippen LogP contribution in [0, 0.1) is 0 Å². The highest BCUT2D eigenvalue weighted by molar-refractivity contribution is 5.86. The summed E-state index contributed by atoms with van der Waals surface area (Å²) in [6, 6.07) is 9.40. The molecule has 5 nitrogen and oxygen atoms in total. The first kappa shape index (κ1) is 21.0. The Morgan fingerprint density at radius 3 is 2.90 bits per heavy atom. The summed E-state index contributed by atoms with van der Waals surface area (Å²) in [5.74, 6) is 0. The van der Waals surface area contributed by atoms with Crippen LogP contribution in [0.4, 0.5) is 0 Å². The van der Waals surface area contributed by atoms with Crippen molar-refractivity contribution >= 4 is 10.9 Å². The molecule has 1 saturated heterocycles. The monoisotopic (exact) mass is 406 g/mol. The number of likely N-dealkylation sites (N-methyl/N-ethyl adjacent to an activating group) is 1. The molecule has 0 radical (unpaired) electrons. The number of aromatic amines is 1. The van der Waals surface area contributed by atoms with Crippen LogP contribution < -0.4 is 5.73 Å². The van der Waals surface area contributed by atoms with Crippen molar-refractivity contribution in [1.82, 2.24) is 14.9 Å². The van der Waals surface area contributed by atoms with Crippen LogP contribution in [0.3, 0.4) is 0 Å². The molecule has 1 atom stereocenters. The predicted molar refractivity (Wildman–Crippen MR) is 123 cm³/mol. The molecule has 5 heteroatoms. The van der Waals surface area contributed by atoms with E-state index < -0.39 is 0 Å². The highest BCUT2D eigenvalue weighted by Gasteiger charge is 2.20. The summed E-state index contributed by atoms with van der Waals surface area (Å²) in [7, 11) is 2.19. The van der Waals surface area contributed by atoms with E-state index >= 15 is 0 Å². The first-order valence-electron chi connectivity index (χ1n) is 11.2. The Balaban J connectivity index is 1.29. The van der Waals surface area contributed by atoms with Crippen LogP contribution in [0.25, 0.3) is 10.9 Å². The number of nitrogens with zero attached hydrogens (tertiary/aromatic N) is 2. The van der Waals surface area contributed by atoms with E-state index in [0.29, 0.717) is 19.2 Å². The van der Waals surface area contributed by atoms with Crippen molar-refractivity contribution in [2.24, 2.45) is 5.73 Å². The van der Waals surface area contributed by atoms with Gasteiger partial charge in [-0.2, -0.15) is 0 Å². The molecule has 1 aliphatic heterocycles. The van der Waals surface area contributed by atoms with Gasteiger partial charge in [0.25, 0.3) is 0 Å². The number of aromatic nitrogens is 2. The lowest BCUT2D eigenvalue weighted by molar-refractivity contribution is 0.0747. The second kappa shape index (κ2) is 10.2. The molecule has 3 N–H and O–H groups in total. The molecule has 2 aromatic heterocycles. The normalized spacial score (nSPS) is 17.2. The second-order valence-corrected chi connectivity index (χ2v) is 8.54. The molecule has 1 aliphatic rings. The fourth-order valence-electron chi connectivity index (χ4n) is 4.59. The Bertz CT molecular complexity index is 951. The van der Waals surface area contributed by atoms with Crippen LogP contribution in [0.15, 0.2) is 42.9 Å². The van der Waals surface area contributed by atoms with Gasteiger partial charge in [-0.3, -0.25) is 4.98 Å². The van der Waals surface area contributed by atoms with Crippen molar-refractivity contribution in [3.05, 3.63) is 65.1 Å². The summed E-state index contributed by atoms with van der Waals surface area (Å²) >= 11 is 0. The summed E-state index contributed by atoms with van der Waals surface area (Å²) in [6.07, 6.45) is 12.7. The third-order valence-electron chi connectivity index (χ3n) is 6.31. The van der Waals surface area contributed by atoms with Crippen molar-refractivity contribution in [2.75, 3.05) is 26.7 Å². The SMILES string of the molecule is CN1CCC[C@H]1COCc1cncc(CCCc2cccc3c(CCN)c[nH]c23)c1. The molecular weight excluding hydrogens is 372 g/mol. The van der Waals surface area contributed by atoms with E-state index in [-0.39, 0.29) is 0 Å². The summed E-state index contributed by atoms with van der Waals surface area (Å²) in [5.41, 5.74) is 12.2. The number of hydrogen-bond donors (Lipinski definition) is 2. The summed E-state index contributed by atoms with van der Waals surface area (Å²) in [6.45, 7) is 3.33. The van der Waals surface area contributed by atoms with Gasteiger partial charge in [-0.25, -0.2) is 0 Å². The predicted octanol–water partition coefficient (Wildman–Crippen LogP) is 3.85. The Morgan fingerprint density at radius 1 is 1.17 bits per heavy atom. The number of aryl methyl sites for hydroxylation is 2. The van der Waals surface area contributed by atoms with Crippen LogP contribution in [0.5, 0.6) is 0 Å². The van der Waals surface area contributed by atoms with Gasteiger partial charge in [-0.1, -0.05) is 24.3 Å². The molecule has 0 amide bonds. The molecule has 0 unspecified atom stereocenters. The maximum absolute atomic E-state index is 5.98. The number of para-hydroxylation sites is 1. The molecule has 1 fully saturated rings. The topological polar surface area (TPSA) is 67.2 Å². The molecule has 30 heavy (non-hydrogen) atoms. The highest BCUT2D eigenvalue weighted by Crippen LogP contribution is 2.23. The van der Waals surface area contributed by atoms with Gasteiger partial charge in [0.1, 0.15) is 0 Å². The number of ether oxygens (including phenoxy) is 1. The molecule has 0 bridgehead atoms. The lowest BCUT2D eigenvalue weighted by Gasteiger charge is -2.19. The molecule has 160 valence electrons. The third-order valence-corrected chi connectivity index (χ3v) is 6.31. The maximum Gasteiger partial charge on any atom is 0.0732 e. The molecule has 0 aliphatic carbocycles. The van der Waals surface area contributed by atoms with Crippen LogP contribution >= 0.6 is 0 Å². The molecular formula is C25H34N4O. The maximum atomic E-state index is 5.98. The summed E-state index contributed by atoms with van der Waals surface area (Å²) in [4.78, 5) is 10.3. The fraction of sp³-hybridized carbons (Fsp3) is 0.480. The quantitative estimate of drug-likeness (QED) is 0.537. The van der Waals surface area contributed by atoms with E-state index in [4.69, 9.17) is 10.5 Å². The summed E-state index contributed by atoms with van der Waals surface area (Å²) < 4.78 is 5.98. The molecule has 3 aromatic rings. The number of fused-ring (bicyclic) bond motifs is 1. The molecule has 1 aromatic carbocycles. The zero-order valence-electron chi connectivity index (χ0n) is 18.1. The van der Waals surface area contributed by atoms with Crippen LogP contribution in [-0.4, -0.2) is 47.7 Å². The van der Waals surface area contributed by atoms with Crippen LogP contribution in [-0.2, 0) is 30.6 Å². The van der Waals surface area contributed by atoms with Crippen molar-refractivity contribution in [1.29, 1.82) is 0 Å². The molecule has 0 saturated carbocycles. The fourth-order valence-corrected chi connectivity index (χ4v) is 4.59. The Labute approximate surface area is 179 Å². The number of likely N-dealkylation sites (tertiary alicyclic amines) is 1. The minimum atomic E-state index is 0.571. The Kier molecular flexibility index (Phi) is 7.16. The molecule has 4 rings (SSSR count). The standard InChI is InChI=1S/C25H34N4O/c1-29-12-4-8-23(29)18-30-17-20-13-19(14-27-15-20)5-2-6-21-7-3-9-24-22(10-11-26)16-28-25(21)24/h3,7,9,13-16,23,28H,2,4-6,8,10-12,17-18,26H2,1H3/t23-/m0/s1.